The van der Waals surface area contributed by atoms with Crippen LogP contribution in [-0.4, -0.2) is 29.5 Å². The van der Waals surface area contributed by atoms with Gasteiger partial charge in [0, 0.05) is 18.3 Å². The fourth-order valence-corrected chi connectivity index (χ4v) is 3.38. The van der Waals surface area contributed by atoms with Gasteiger partial charge in [-0.05, 0) is 20.8 Å². The Bertz CT molecular complexity index is 764. The van der Waals surface area contributed by atoms with Crippen molar-refractivity contribution in [2.75, 3.05) is 0 Å². The standard InChI is InChI=1S/C15H19N3O3S/c1-4-18-11-13(10-16-18)22(20,21)17-15(2,3)14(19)12-8-6-5-7-9-12/h5-11,17H,4H2,1-3H3. The van der Waals surface area contributed by atoms with Crippen molar-refractivity contribution >= 4 is 15.8 Å². The van der Waals surface area contributed by atoms with Crippen molar-refractivity contribution < 1.29 is 13.2 Å². The SMILES string of the molecule is CCn1cc(S(=O)(=O)NC(C)(C)C(=O)c2ccccc2)cn1. The van der Waals surface area contributed by atoms with Gasteiger partial charge in [0.15, 0.2) is 5.78 Å². The maximum absolute atomic E-state index is 12.5. The van der Waals surface area contributed by atoms with E-state index in [2.05, 4.69) is 9.82 Å². The molecule has 0 fully saturated rings. The highest BCUT2D eigenvalue weighted by molar-refractivity contribution is 7.89. The fourth-order valence-electron chi connectivity index (χ4n) is 2.05. The average Bonchev–Trinajstić information content (AvgIpc) is 2.96. The molecule has 0 amide bonds. The smallest absolute Gasteiger partial charge is 0.244 e. The van der Waals surface area contributed by atoms with Crippen molar-refractivity contribution in [2.45, 2.75) is 37.8 Å². The van der Waals surface area contributed by atoms with Crippen molar-refractivity contribution in [1.82, 2.24) is 14.5 Å². The van der Waals surface area contributed by atoms with E-state index in [-0.39, 0.29) is 10.7 Å². The summed E-state index contributed by atoms with van der Waals surface area (Å²) in [6.07, 6.45) is 2.71. The van der Waals surface area contributed by atoms with Crippen LogP contribution in [0.3, 0.4) is 0 Å². The maximum atomic E-state index is 12.5. The third-order valence-corrected chi connectivity index (χ3v) is 4.85. The topological polar surface area (TPSA) is 81.1 Å². The Hall–Kier alpha value is -1.99. The van der Waals surface area contributed by atoms with E-state index >= 15 is 0 Å². The third kappa shape index (κ3) is 3.42. The number of rotatable bonds is 6. The van der Waals surface area contributed by atoms with Gasteiger partial charge in [0.1, 0.15) is 4.90 Å². The van der Waals surface area contributed by atoms with Crippen LogP contribution in [-0.2, 0) is 16.6 Å². The summed E-state index contributed by atoms with van der Waals surface area (Å²) in [5.74, 6) is -0.292. The van der Waals surface area contributed by atoms with Crippen LogP contribution < -0.4 is 4.72 Å². The zero-order chi connectivity index (χ0) is 16.4. The van der Waals surface area contributed by atoms with Gasteiger partial charge >= 0.3 is 0 Å². The molecule has 1 aromatic heterocycles. The molecule has 2 aromatic rings. The number of nitrogens with one attached hydrogen (secondary N) is 1. The molecule has 118 valence electrons. The van der Waals surface area contributed by atoms with Crippen LogP contribution >= 0.6 is 0 Å². The van der Waals surface area contributed by atoms with E-state index in [1.807, 2.05) is 6.92 Å². The van der Waals surface area contributed by atoms with Crippen molar-refractivity contribution in [3.8, 4) is 0 Å². The number of aryl methyl sites for hydroxylation is 1. The highest BCUT2D eigenvalue weighted by Crippen LogP contribution is 2.17. The highest BCUT2D eigenvalue weighted by Gasteiger charge is 2.34. The third-order valence-electron chi connectivity index (χ3n) is 3.24. The minimum Gasteiger partial charge on any atom is -0.292 e. The van der Waals surface area contributed by atoms with Crippen molar-refractivity contribution in [2.24, 2.45) is 0 Å². The number of carbonyl (C=O) groups is 1. The van der Waals surface area contributed by atoms with E-state index < -0.39 is 15.6 Å². The molecule has 2 rings (SSSR count). The Balaban J connectivity index is 2.25. The number of ketones is 1. The first-order chi connectivity index (χ1) is 10.3. The van der Waals surface area contributed by atoms with E-state index in [0.717, 1.165) is 0 Å². The second-order valence-electron chi connectivity index (χ2n) is 5.46. The predicted molar refractivity (Wildman–Crippen MR) is 83.1 cm³/mol. The number of benzene rings is 1. The first kappa shape index (κ1) is 16.4. The molecule has 1 aromatic carbocycles. The van der Waals surface area contributed by atoms with Crippen LogP contribution in [0.5, 0.6) is 0 Å². The second-order valence-corrected chi connectivity index (χ2v) is 7.14. The summed E-state index contributed by atoms with van der Waals surface area (Å²) < 4.78 is 28.8. The van der Waals surface area contributed by atoms with Gasteiger partial charge in [-0.3, -0.25) is 9.48 Å². The van der Waals surface area contributed by atoms with Crippen LogP contribution in [0.4, 0.5) is 0 Å². The molecular weight excluding hydrogens is 302 g/mol. The van der Waals surface area contributed by atoms with Gasteiger partial charge in [-0.2, -0.15) is 9.82 Å². The first-order valence-electron chi connectivity index (χ1n) is 6.92. The molecular formula is C15H19N3O3S. The molecule has 0 aliphatic rings. The Morgan fingerprint density at radius 1 is 1.27 bits per heavy atom. The molecule has 0 saturated heterocycles. The molecule has 7 heteroatoms. The summed E-state index contributed by atoms with van der Waals surface area (Å²) in [6, 6.07) is 8.60. The summed E-state index contributed by atoms with van der Waals surface area (Å²) in [5.41, 5.74) is -0.798. The monoisotopic (exact) mass is 321 g/mol. The predicted octanol–water partition coefficient (Wildman–Crippen LogP) is 1.84. The number of Topliss-reactive ketones (excluding diaryl/α,β-unsaturated/α-hetero) is 1. The number of sulfonamides is 1. The van der Waals surface area contributed by atoms with Gasteiger partial charge in [-0.15, -0.1) is 0 Å². The molecule has 0 unspecified atom stereocenters. The minimum absolute atomic E-state index is 0.0447. The molecule has 6 nitrogen and oxygen atoms in total. The van der Waals surface area contributed by atoms with Crippen LogP contribution in [0, 0.1) is 0 Å². The lowest BCUT2D eigenvalue weighted by Crippen LogP contribution is -2.49. The van der Waals surface area contributed by atoms with E-state index in [4.69, 9.17) is 0 Å². The van der Waals surface area contributed by atoms with Gasteiger partial charge in [0.05, 0.1) is 11.7 Å². The largest absolute Gasteiger partial charge is 0.292 e. The van der Waals surface area contributed by atoms with Crippen LogP contribution in [0.2, 0.25) is 0 Å². The summed E-state index contributed by atoms with van der Waals surface area (Å²) >= 11 is 0. The maximum Gasteiger partial charge on any atom is 0.244 e. The summed E-state index contributed by atoms with van der Waals surface area (Å²) in [5, 5.41) is 3.95. The zero-order valence-corrected chi connectivity index (χ0v) is 13.6. The van der Waals surface area contributed by atoms with Crippen LogP contribution in [0.25, 0.3) is 0 Å². The Morgan fingerprint density at radius 3 is 2.45 bits per heavy atom. The molecule has 0 aliphatic heterocycles. The lowest BCUT2D eigenvalue weighted by atomic mass is 9.94. The highest BCUT2D eigenvalue weighted by atomic mass is 32.2. The number of carbonyl (C=O) groups excluding carboxylic acids is 1. The minimum atomic E-state index is -3.81. The van der Waals surface area contributed by atoms with E-state index in [1.54, 1.807) is 44.2 Å². The Morgan fingerprint density at radius 2 is 1.91 bits per heavy atom. The van der Waals surface area contributed by atoms with Crippen LogP contribution in [0.1, 0.15) is 31.1 Å². The molecule has 22 heavy (non-hydrogen) atoms. The quantitative estimate of drug-likeness (QED) is 0.823. The normalized spacial score (nSPS) is 12.3. The second kappa shape index (κ2) is 6.02. The summed E-state index contributed by atoms with van der Waals surface area (Å²) in [4.78, 5) is 12.5. The number of hydrogen-bond acceptors (Lipinski definition) is 4. The molecule has 0 bridgehead atoms. The van der Waals surface area contributed by atoms with Gasteiger partial charge in [0.25, 0.3) is 0 Å². The average molecular weight is 321 g/mol. The summed E-state index contributed by atoms with van der Waals surface area (Å²) in [7, 11) is -3.81. The fraction of sp³-hybridized carbons (Fsp3) is 0.333. The molecule has 0 radical (unpaired) electrons. The molecule has 0 spiro atoms. The van der Waals surface area contributed by atoms with Gasteiger partial charge in [-0.25, -0.2) is 8.42 Å². The van der Waals surface area contributed by atoms with Gasteiger partial charge in [0.2, 0.25) is 10.0 Å². The number of nitrogens with zero attached hydrogens (tertiary/aromatic N) is 2. The van der Waals surface area contributed by atoms with E-state index in [0.29, 0.717) is 12.1 Å². The van der Waals surface area contributed by atoms with Gasteiger partial charge in [-0.1, -0.05) is 30.3 Å². The molecule has 0 aliphatic carbocycles. The first-order valence-corrected chi connectivity index (χ1v) is 8.41. The Kier molecular flexibility index (Phi) is 4.48. The van der Waals surface area contributed by atoms with Gasteiger partial charge < -0.3 is 0 Å². The van der Waals surface area contributed by atoms with E-state index in [9.17, 15) is 13.2 Å². The molecule has 1 heterocycles. The number of hydrogen-bond donors (Lipinski definition) is 1. The van der Waals surface area contributed by atoms with Crippen molar-refractivity contribution in [3.05, 3.63) is 48.3 Å². The van der Waals surface area contributed by atoms with E-state index in [1.165, 1.54) is 17.1 Å². The summed E-state index contributed by atoms with van der Waals surface area (Å²) in [6.45, 7) is 5.52. The van der Waals surface area contributed by atoms with Crippen LogP contribution in [0.15, 0.2) is 47.6 Å². The van der Waals surface area contributed by atoms with Crippen molar-refractivity contribution in [1.29, 1.82) is 0 Å². The lowest BCUT2D eigenvalue weighted by Gasteiger charge is -2.24. The molecule has 1 N–H and O–H groups in total. The Labute approximate surface area is 130 Å². The molecule has 0 saturated carbocycles. The van der Waals surface area contributed by atoms with Crippen molar-refractivity contribution in [3.63, 3.8) is 0 Å². The number of aromatic nitrogens is 2. The zero-order valence-electron chi connectivity index (χ0n) is 12.8. The molecule has 0 atom stereocenters. The lowest BCUT2D eigenvalue weighted by molar-refractivity contribution is 0.0901.